The Labute approximate surface area is 150 Å². The number of piperidine rings is 1. The Morgan fingerprint density at radius 1 is 1.28 bits per heavy atom. The fourth-order valence-corrected chi connectivity index (χ4v) is 3.32. The van der Waals surface area contributed by atoms with Crippen molar-refractivity contribution in [2.75, 3.05) is 33.2 Å². The standard InChI is InChI=1S/C20H27N3O2/c1-15-5-6-18(16(2)13-15)20(25)17-7-11-23(12-8-17)14-19(24)22(3)10-4-9-21/h5-6,13,17H,4,7-8,10-12,14H2,1-3H3. The zero-order valence-corrected chi connectivity index (χ0v) is 15.4. The van der Waals surface area contributed by atoms with Crippen LogP contribution >= 0.6 is 0 Å². The number of Topliss-reactive ketones (excluding diaryl/α,β-unsaturated/α-hetero) is 1. The van der Waals surface area contributed by atoms with Crippen molar-refractivity contribution in [3.05, 3.63) is 34.9 Å². The Morgan fingerprint density at radius 2 is 1.96 bits per heavy atom. The summed E-state index contributed by atoms with van der Waals surface area (Å²) in [7, 11) is 1.73. The van der Waals surface area contributed by atoms with Crippen molar-refractivity contribution < 1.29 is 9.59 Å². The zero-order chi connectivity index (χ0) is 18.4. The lowest BCUT2D eigenvalue weighted by Gasteiger charge is -2.32. The highest BCUT2D eigenvalue weighted by Gasteiger charge is 2.27. The van der Waals surface area contributed by atoms with E-state index in [0.29, 0.717) is 19.5 Å². The van der Waals surface area contributed by atoms with Crippen LogP contribution in [0.25, 0.3) is 0 Å². The van der Waals surface area contributed by atoms with Gasteiger partial charge in [0.2, 0.25) is 5.91 Å². The normalized spacial score (nSPS) is 15.6. The Bertz CT molecular complexity index is 670. The number of ketones is 1. The summed E-state index contributed by atoms with van der Waals surface area (Å²) >= 11 is 0. The van der Waals surface area contributed by atoms with Crippen LogP contribution in [-0.2, 0) is 4.79 Å². The molecule has 5 nitrogen and oxygen atoms in total. The maximum Gasteiger partial charge on any atom is 0.236 e. The van der Waals surface area contributed by atoms with Gasteiger partial charge >= 0.3 is 0 Å². The molecule has 2 rings (SSSR count). The van der Waals surface area contributed by atoms with Crippen molar-refractivity contribution in [3.8, 4) is 6.07 Å². The maximum absolute atomic E-state index is 12.8. The third kappa shape index (κ3) is 5.14. The van der Waals surface area contributed by atoms with Gasteiger partial charge in [-0.1, -0.05) is 23.8 Å². The third-order valence-corrected chi connectivity index (χ3v) is 4.95. The molecule has 0 bridgehead atoms. The van der Waals surface area contributed by atoms with Gasteiger partial charge in [-0.3, -0.25) is 14.5 Å². The fourth-order valence-electron chi connectivity index (χ4n) is 3.32. The molecule has 0 atom stereocenters. The van der Waals surface area contributed by atoms with Gasteiger partial charge in [-0.2, -0.15) is 5.26 Å². The predicted octanol–water partition coefficient (Wildman–Crippen LogP) is 2.57. The van der Waals surface area contributed by atoms with Gasteiger partial charge < -0.3 is 4.90 Å². The van der Waals surface area contributed by atoms with Gasteiger partial charge in [-0.15, -0.1) is 0 Å². The van der Waals surface area contributed by atoms with E-state index in [0.717, 1.165) is 37.1 Å². The van der Waals surface area contributed by atoms with E-state index in [1.54, 1.807) is 11.9 Å². The second-order valence-electron chi connectivity index (χ2n) is 6.96. The van der Waals surface area contributed by atoms with Crippen molar-refractivity contribution in [1.82, 2.24) is 9.80 Å². The molecule has 0 saturated carbocycles. The number of carbonyl (C=O) groups excluding carboxylic acids is 2. The van der Waals surface area contributed by atoms with Crippen molar-refractivity contribution >= 4 is 11.7 Å². The molecule has 0 radical (unpaired) electrons. The molecule has 0 aromatic heterocycles. The summed E-state index contributed by atoms with van der Waals surface area (Å²) in [5.74, 6) is 0.313. The molecule has 1 heterocycles. The summed E-state index contributed by atoms with van der Waals surface area (Å²) in [6.07, 6.45) is 1.94. The molecule has 0 aliphatic carbocycles. The minimum Gasteiger partial charge on any atom is -0.344 e. The predicted molar refractivity (Wildman–Crippen MR) is 97.3 cm³/mol. The van der Waals surface area contributed by atoms with E-state index < -0.39 is 0 Å². The minimum absolute atomic E-state index is 0.0365. The smallest absolute Gasteiger partial charge is 0.236 e. The fraction of sp³-hybridized carbons (Fsp3) is 0.550. The van der Waals surface area contributed by atoms with E-state index in [2.05, 4.69) is 17.0 Å². The maximum atomic E-state index is 12.8. The minimum atomic E-state index is 0.0365. The largest absolute Gasteiger partial charge is 0.344 e. The third-order valence-electron chi connectivity index (χ3n) is 4.95. The zero-order valence-electron chi connectivity index (χ0n) is 15.4. The molecule has 0 unspecified atom stereocenters. The summed E-state index contributed by atoms with van der Waals surface area (Å²) in [6.45, 7) is 6.39. The number of carbonyl (C=O) groups is 2. The summed E-state index contributed by atoms with van der Waals surface area (Å²) in [4.78, 5) is 28.6. The first-order valence-electron chi connectivity index (χ1n) is 8.87. The number of rotatable bonds is 6. The molecular weight excluding hydrogens is 314 g/mol. The highest BCUT2D eigenvalue weighted by molar-refractivity contribution is 5.99. The van der Waals surface area contributed by atoms with Crippen molar-refractivity contribution in [2.24, 2.45) is 5.92 Å². The molecule has 1 amide bonds. The van der Waals surface area contributed by atoms with Crippen LogP contribution in [-0.4, -0.2) is 54.7 Å². The van der Waals surface area contributed by atoms with Gasteiger partial charge in [0, 0.05) is 25.1 Å². The lowest BCUT2D eigenvalue weighted by atomic mass is 9.87. The number of likely N-dealkylation sites (tertiary alicyclic amines) is 1. The molecular formula is C20H27N3O2. The van der Waals surface area contributed by atoms with Gasteiger partial charge in [-0.05, 0) is 45.3 Å². The molecule has 1 aromatic carbocycles. The van der Waals surface area contributed by atoms with Crippen LogP contribution in [0.5, 0.6) is 0 Å². The van der Waals surface area contributed by atoms with Gasteiger partial charge in [0.1, 0.15) is 0 Å². The number of hydrogen-bond donors (Lipinski definition) is 0. The van der Waals surface area contributed by atoms with E-state index in [-0.39, 0.29) is 17.6 Å². The van der Waals surface area contributed by atoms with E-state index >= 15 is 0 Å². The Hall–Kier alpha value is -2.19. The molecule has 134 valence electrons. The van der Waals surface area contributed by atoms with Gasteiger partial charge in [0.15, 0.2) is 5.78 Å². The van der Waals surface area contributed by atoms with E-state index in [4.69, 9.17) is 5.26 Å². The average Bonchev–Trinajstić information content (AvgIpc) is 2.59. The topological polar surface area (TPSA) is 64.4 Å². The van der Waals surface area contributed by atoms with Crippen LogP contribution in [0.2, 0.25) is 0 Å². The van der Waals surface area contributed by atoms with Crippen LogP contribution < -0.4 is 0 Å². The molecule has 1 fully saturated rings. The number of hydrogen-bond acceptors (Lipinski definition) is 4. The van der Waals surface area contributed by atoms with Gasteiger partial charge in [-0.25, -0.2) is 0 Å². The molecule has 0 N–H and O–H groups in total. The number of nitrogens with zero attached hydrogens (tertiary/aromatic N) is 3. The lowest BCUT2D eigenvalue weighted by molar-refractivity contribution is -0.131. The first-order valence-corrected chi connectivity index (χ1v) is 8.87. The molecule has 1 saturated heterocycles. The second kappa shape index (κ2) is 8.77. The number of amides is 1. The summed E-state index contributed by atoms with van der Waals surface area (Å²) in [5.41, 5.74) is 3.04. The van der Waals surface area contributed by atoms with E-state index in [1.807, 2.05) is 26.0 Å². The van der Waals surface area contributed by atoms with Crippen LogP contribution in [0.3, 0.4) is 0 Å². The molecule has 1 aromatic rings. The van der Waals surface area contributed by atoms with Crippen LogP contribution in [0, 0.1) is 31.1 Å². The first kappa shape index (κ1) is 19.1. The van der Waals surface area contributed by atoms with Crippen molar-refractivity contribution in [1.29, 1.82) is 5.26 Å². The number of nitriles is 1. The monoisotopic (exact) mass is 341 g/mol. The molecule has 1 aliphatic rings. The van der Waals surface area contributed by atoms with Crippen LogP contribution in [0.15, 0.2) is 18.2 Å². The highest BCUT2D eigenvalue weighted by atomic mass is 16.2. The Kier molecular flexibility index (Phi) is 6.72. The van der Waals surface area contributed by atoms with Crippen LogP contribution in [0.4, 0.5) is 0 Å². The van der Waals surface area contributed by atoms with Gasteiger partial charge in [0.25, 0.3) is 0 Å². The summed E-state index contributed by atoms with van der Waals surface area (Å²) in [6, 6.07) is 8.04. The van der Waals surface area contributed by atoms with E-state index in [9.17, 15) is 9.59 Å². The summed E-state index contributed by atoms with van der Waals surface area (Å²) < 4.78 is 0. The Balaban J connectivity index is 1.86. The number of benzene rings is 1. The Morgan fingerprint density at radius 3 is 2.56 bits per heavy atom. The van der Waals surface area contributed by atoms with E-state index in [1.165, 1.54) is 5.56 Å². The molecule has 0 spiro atoms. The number of likely N-dealkylation sites (N-methyl/N-ethyl adjacent to an activating group) is 1. The second-order valence-corrected chi connectivity index (χ2v) is 6.96. The average molecular weight is 341 g/mol. The molecule has 25 heavy (non-hydrogen) atoms. The van der Waals surface area contributed by atoms with Crippen molar-refractivity contribution in [2.45, 2.75) is 33.1 Å². The molecule has 5 heteroatoms. The number of aryl methyl sites for hydroxylation is 2. The SMILES string of the molecule is Cc1ccc(C(=O)C2CCN(CC(=O)N(C)CCC#N)CC2)c(C)c1. The first-order chi connectivity index (χ1) is 11.9. The quantitative estimate of drug-likeness (QED) is 0.746. The summed E-state index contributed by atoms with van der Waals surface area (Å²) in [5, 5.41) is 8.60. The van der Waals surface area contributed by atoms with Gasteiger partial charge in [0.05, 0.1) is 19.0 Å². The highest BCUT2D eigenvalue weighted by Crippen LogP contribution is 2.24. The molecule has 1 aliphatic heterocycles. The van der Waals surface area contributed by atoms with Crippen LogP contribution in [0.1, 0.15) is 40.7 Å². The lowest BCUT2D eigenvalue weighted by Crippen LogP contribution is -2.43. The van der Waals surface area contributed by atoms with Crippen molar-refractivity contribution in [3.63, 3.8) is 0 Å².